The summed E-state index contributed by atoms with van der Waals surface area (Å²) in [5, 5.41) is 13.0. The molecule has 0 aliphatic heterocycles. The molecule has 3 aromatic heterocycles. The Kier molecular flexibility index (Phi) is 6.35. The molecule has 0 saturated carbocycles. The number of thiazole rings is 2. The lowest BCUT2D eigenvalue weighted by Crippen LogP contribution is -2.02. The average molecular weight is 482 g/mol. The third-order valence-electron chi connectivity index (χ3n) is 4.63. The molecule has 5 nitrogen and oxygen atoms in total. The van der Waals surface area contributed by atoms with Crippen LogP contribution in [0.1, 0.15) is 18.4 Å². The SMILES string of the molecule is CCn1c(CSc2nc3ccccc3s2)nnc1SCc1csc(-c2ccccc2)n1. The summed E-state index contributed by atoms with van der Waals surface area (Å²) in [5.74, 6) is 2.53. The number of nitrogens with zero attached hydrogens (tertiary/aromatic N) is 5. The van der Waals surface area contributed by atoms with Gasteiger partial charge in [-0.25, -0.2) is 9.97 Å². The summed E-state index contributed by atoms with van der Waals surface area (Å²) in [6.07, 6.45) is 0. The van der Waals surface area contributed by atoms with E-state index >= 15 is 0 Å². The number of benzene rings is 2. The third kappa shape index (κ3) is 4.69. The lowest BCUT2D eigenvalue weighted by Gasteiger charge is -2.06. The van der Waals surface area contributed by atoms with E-state index < -0.39 is 0 Å². The summed E-state index contributed by atoms with van der Waals surface area (Å²) < 4.78 is 4.48. The van der Waals surface area contributed by atoms with Gasteiger partial charge in [0.1, 0.15) is 10.8 Å². The lowest BCUT2D eigenvalue weighted by molar-refractivity contribution is 0.659. The molecule has 31 heavy (non-hydrogen) atoms. The minimum atomic E-state index is 0.760. The van der Waals surface area contributed by atoms with Crippen molar-refractivity contribution in [1.82, 2.24) is 24.7 Å². The van der Waals surface area contributed by atoms with E-state index in [4.69, 9.17) is 9.97 Å². The van der Waals surface area contributed by atoms with E-state index in [0.29, 0.717) is 0 Å². The fraction of sp³-hybridized carbons (Fsp3) is 0.182. The van der Waals surface area contributed by atoms with Crippen LogP contribution in [0.25, 0.3) is 20.8 Å². The van der Waals surface area contributed by atoms with Crippen LogP contribution in [-0.4, -0.2) is 24.7 Å². The molecule has 0 aliphatic rings. The zero-order valence-electron chi connectivity index (χ0n) is 16.8. The van der Waals surface area contributed by atoms with Crippen molar-refractivity contribution in [3.63, 3.8) is 0 Å². The Labute approximate surface area is 197 Å². The van der Waals surface area contributed by atoms with Crippen LogP contribution in [0.4, 0.5) is 0 Å². The Balaban J connectivity index is 1.24. The molecule has 0 radical (unpaired) electrons. The van der Waals surface area contributed by atoms with Gasteiger partial charge in [-0.2, -0.15) is 0 Å². The van der Waals surface area contributed by atoms with E-state index in [1.807, 2.05) is 24.3 Å². The lowest BCUT2D eigenvalue weighted by atomic mass is 10.2. The third-order valence-corrected chi connectivity index (χ3v) is 8.75. The number of aromatic nitrogens is 5. The summed E-state index contributed by atoms with van der Waals surface area (Å²) in [6.45, 7) is 2.98. The van der Waals surface area contributed by atoms with E-state index in [1.54, 1.807) is 46.2 Å². The normalized spacial score (nSPS) is 11.4. The quantitative estimate of drug-likeness (QED) is 0.232. The number of fused-ring (bicyclic) bond motifs is 1. The fourth-order valence-electron chi connectivity index (χ4n) is 3.11. The monoisotopic (exact) mass is 481 g/mol. The van der Waals surface area contributed by atoms with Gasteiger partial charge < -0.3 is 4.57 Å². The average Bonchev–Trinajstić information content (AvgIpc) is 3.54. The Bertz CT molecular complexity index is 1260. The van der Waals surface area contributed by atoms with Crippen molar-refractivity contribution in [2.75, 3.05) is 0 Å². The van der Waals surface area contributed by atoms with Crippen molar-refractivity contribution in [2.45, 2.75) is 34.5 Å². The van der Waals surface area contributed by atoms with Gasteiger partial charge in [0.05, 0.1) is 21.7 Å². The van der Waals surface area contributed by atoms with Crippen molar-refractivity contribution >= 4 is 56.4 Å². The highest BCUT2D eigenvalue weighted by atomic mass is 32.2. The molecule has 5 aromatic rings. The van der Waals surface area contributed by atoms with Crippen LogP contribution in [0.15, 0.2) is 69.5 Å². The van der Waals surface area contributed by atoms with Gasteiger partial charge in [-0.1, -0.05) is 66.0 Å². The number of para-hydroxylation sites is 1. The van der Waals surface area contributed by atoms with Crippen LogP contribution in [0, 0.1) is 0 Å². The first-order chi connectivity index (χ1) is 15.3. The van der Waals surface area contributed by atoms with Gasteiger partial charge in [-0.15, -0.1) is 32.9 Å². The first-order valence-electron chi connectivity index (χ1n) is 9.83. The Morgan fingerprint density at radius 2 is 1.74 bits per heavy atom. The van der Waals surface area contributed by atoms with Crippen LogP contribution < -0.4 is 0 Å². The van der Waals surface area contributed by atoms with Gasteiger partial charge in [-0.05, 0) is 19.1 Å². The van der Waals surface area contributed by atoms with Crippen LogP contribution in [0.5, 0.6) is 0 Å². The second kappa shape index (κ2) is 9.52. The highest BCUT2D eigenvalue weighted by Gasteiger charge is 2.14. The van der Waals surface area contributed by atoms with Gasteiger partial charge in [0, 0.05) is 23.2 Å². The van der Waals surface area contributed by atoms with Gasteiger partial charge in [0.2, 0.25) is 0 Å². The molecule has 0 N–H and O–H groups in total. The minimum Gasteiger partial charge on any atom is -0.306 e. The van der Waals surface area contributed by atoms with Crippen molar-refractivity contribution in [3.8, 4) is 10.6 Å². The highest BCUT2D eigenvalue weighted by Crippen LogP contribution is 2.32. The molecule has 5 rings (SSSR count). The number of thioether (sulfide) groups is 2. The predicted molar refractivity (Wildman–Crippen MR) is 132 cm³/mol. The standard InChI is InChI=1S/C22H19N5S4/c1-2-27-19(14-30-22-24-17-10-6-7-11-18(17)31-22)25-26-21(27)29-13-16-12-28-20(23-16)15-8-4-3-5-9-15/h3-12H,2,13-14H2,1H3. The van der Waals surface area contributed by atoms with Gasteiger partial charge in [-0.3, -0.25) is 0 Å². The summed E-state index contributed by atoms with van der Waals surface area (Å²) in [5.41, 5.74) is 3.29. The maximum Gasteiger partial charge on any atom is 0.191 e. The number of hydrogen-bond acceptors (Lipinski definition) is 8. The minimum absolute atomic E-state index is 0.760. The van der Waals surface area contributed by atoms with E-state index in [-0.39, 0.29) is 0 Å². The topological polar surface area (TPSA) is 56.5 Å². The summed E-state index contributed by atoms with van der Waals surface area (Å²) in [7, 11) is 0. The number of hydrogen-bond donors (Lipinski definition) is 0. The molecule has 0 fully saturated rings. The maximum atomic E-state index is 4.78. The maximum absolute atomic E-state index is 4.78. The first-order valence-corrected chi connectivity index (χ1v) is 13.5. The number of rotatable bonds is 8. The van der Waals surface area contributed by atoms with Crippen molar-refractivity contribution in [2.24, 2.45) is 0 Å². The zero-order chi connectivity index (χ0) is 21.0. The highest BCUT2D eigenvalue weighted by molar-refractivity contribution is 8.00. The van der Waals surface area contributed by atoms with Gasteiger partial charge in [0.25, 0.3) is 0 Å². The Morgan fingerprint density at radius 3 is 2.58 bits per heavy atom. The second-order valence-corrected chi connectivity index (χ2v) is 10.7. The molecule has 9 heteroatoms. The van der Waals surface area contributed by atoms with E-state index in [2.05, 4.69) is 57.4 Å². The van der Waals surface area contributed by atoms with E-state index in [0.717, 1.165) is 55.2 Å². The molecule has 0 unspecified atom stereocenters. The summed E-state index contributed by atoms with van der Waals surface area (Å²) >= 11 is 6.82. The molecule has 156 valence electrons. The van der Waals surface area contributed by atoms with Crippen LogP contribution in [-0.2, 0) is 18.1 Å². The zero-order valence-corrected chi connectivity index (χ0v) is 20.0. The molecule has 3 heterocycles. The second-order valence-electron chi connectivity index (χ2n) is 6.68. The molecule has 0 atom stereocenters. The van der Waals surface area contributed by atoms with Gasteiger partial charge in [0.15, 0.2) is 9.50 Å². The fourth-order valence-corrected chi connectivity index (χ4v) is 6.97. The van der Waals surface area contributed by atoms with Crippen LogP contribution in [0.3, 0.4) is 0 Å². The Hall–Kier alpha value is -2.20. The first kappa shape index (κ1) is 20.7. The molecular formula is C22H19N5S4. The molecule has 2 aromatic carbocycles. The smallest absolute Gasteiger partial charge is 0.191 e. The summed E-state index contributed by atoms with van der Waals surface area (Å²) in [6, 6.07) is 18.6. The summed E-state index contributed by atoms with van der Waals surface area (Å²) in [4.78, 5) is 9.49. The molecular weight excluding hydrogens is 463 g/mol. The van der Waals surface area contributed by atoms with Crippen molar-refractivity contribution < 1.29 is 0 Å². The molecule has 0 amide bonds. The van der Waals surface area contributed by atoms with Gasteiger partial charge >= 0.3 is 0 Å². The van der Waals surface area contributed by atoms with E-state index in [1.165, 1.54) is 4.70 Å². The molecule has 0 bridgehead atoms. The predicted octanol–water partition coefficient (Wildman–Crippen LogP) is 6.62. The molecule has 0 aliphatic carbocycles. The van der Waals surface area contributed by atoms with Crippen LogP contribution >= 0.6 is 46.2 Å². The molecule has 0 spiro atoms. The van der Waals surface area contributed by atoms with E-state index in [9.17, 15) is 0 Å². The molecule has 0 saturated heterocycles. The largest absolute Gasteiger partial charge is 0.306 e. The van der Waals surface area contributed by atoms with Crippen molar-refractivity contribution in [1.29, 1.82) is 0 Å². The Morgan fingerprint density at radius 1 is 0.903 bits per heavy atom. The van der Waals surface area contributed by atoms with Crippen molar-refractivity contribution in [3.05, 3.63) is 71.5 Å². The van der Waals surface area contributed by atoms with Crippen LogP contribution in [0.2, 0.25) is 0 Å².